The molecule has 1 aliphatic rings. The summed E-state index contributed by atoms with van der Waals surface area (Å²) in [5, 5.41) is 13.1. The van der Waals surface area contributed by atoms with Crippen molar-refractivity contribution < 1.29 is 5.11 Å². The maximum absolute atomic E-state index is 9.73. The lowest BCUT2D eigenvalue weighted by Gasteiger charge is -2.08. The monoisotopic (exact) mass is 177 g/mol. The van der Waals surface area contributed by atoms with Gasteiger partial charge in [0.05, 0.1) is 0 Å². The average Bonchev–Trinajstić information content (AvgIpc) is 2.28. The third-order valence-electron chi connectivity index (χ3n) is 2.59. The standard InChI is InChI=1S/C11H15NO/c1-8-6-9-2-4-12-5-3-10(9)11(13)7-8/h6-7,12-13H,2-5H2,1H3. The van der Waals surface area contributed by atoms with Crippen LogP contribution in [0.3, 0.4) is 0 Å². The van der Waals surface area contributed by atoms with E-state index in [-0.39, 0.29) is 0 Å². The third kappa shape index (κ3) is 1.68. The van der Waals surface area contributed by atoms with Crippen LogP contribution in [0.2, 0.25) is 0 Å². The highest BCUT2D eigenvalue weighted by Crippen LogP contribution is 2.25. The Morgan fingerprint density at radius 1 is 1.23 bits per heavy atom. The van der Waals surface area contributed by atoms with Gasteiger partial charge in [-0.1, -0.05) is 6.07 Å². The zero-order valence-electron chi connectivity index (χ0n) is 7.93. The summed E-state index contributed by atoms with van der Waals surface area (Å²) in [6.07, 6.45) is 1.98. The van der Waals surface area contributed by atoms with E-state index in [1.165, 1.54) is 5.56 Å². The molecule has 0 amide bonds. The molecule has 0 unspecified atom stereocenters. The van der Waals surface area contributed by atoms with Crippen LogP contribution >= 0.6 is 0 Å². The average molecular weight is 177 g/mol. The molecule has 70 valence electrons. The molecule has 1 aliphatic heterocycles. The van der Waals surface area contributed by atoms with E-state index >= 15 is 0 Å². The molecule has 0 radical (unpaired) electrons. The Labute approximate surface area is 78.6 Å². The summed E-state index contributed by atoms with van der Waals surface area (Å²) in [5.41, 5.74) is 3.59. The predicted molar refractivity (Wildman–Crippen MR) is 53.1 cm³/mol. The van der Waals surface area contributed by atoms with Crippen LogP contribution in [-0.4, -0.2) is 18.2 Å². The number of hydrogen-bond acceptors (Lipinski definition) is 2. The van der Waals surface area contributed by atoms with Gasteiger partial charge in [-0.25, -0.2) is 0 Å². The van der Waals surface area contributed by atoms with Crippen molar-refractivity contribution in [2.24, 2.45) is 0 Å². The van der Waals surface area contributed by atoms with Crippen molar-refractivity contribution >= 4 is 0 Å². The molecular weight excluding hydrogens is 162 g/mol. The van der Waals surface area contributed by atoms with E-state index in [1.54, 1.807) is 0 Å². The lowest BCUT2D eigenvalue weighted by atomic mass is 9.99. The molecule has 2 N–H and O–H groups in total. The number of benzene rings is 1. The van der Waals surface area contributed by atoms with Gasteiger partial charge in [0.2, 0.25) is 0 Å². The van der Waals surface area contributed by atoms with Crippen molar-refractivity contribution in [3.63, 3.8) is 0 Å². The zero-order valence-corrected chi connectivity index (χ0v) is 7.93. The lowest BCUT2D eigenvalue weighted by molar-refractivity contribution is 0.467. The van der Waals surface area contributed by atoms with E-state index in [2.05, 4.69) is 11.4 Å². The summed E-state index contributed by atoms with van der Waals surface area (Å²) in [7, 11) is 0. The normalized spacial score (nSPS) is 16.4. The van der Waals surface area contributed by atoms with E-state index in [0.29, 0.717) is 5.75 Å². The van der Waals surface area contributed by atoms with Crippen LogP contribution in [0, 0.1) is 6.92 Å². The second kappa shape index (κ2) is 3.38. The molecule has 1 aromatic carbocycles. The molecule has 0 saturated carbocycles. The first-order valence-corrected chi connectivity index (χ1v) is 4.79. The van der Waals surface area contributed by atoms with Crippen molar-refractivity contribution in [1.82, 2.24) is 5.32 Å². The van der Waals surface area contributed by atoms with Gasteiger partial charge in [-0.2, -0.15) is 0 Å². The fourth-order valence-corrected chi connectivity index (χ4v) is 1.94. The fraction of sp³-hybridized carbons (Fsp3) is 0.455. The maximum Gasteiger partial charge on any atom is 0.119 e. The molecule has 0 atom stereocenters. The second-order valence-corrected chi connectivity index (χ2v) is 3.67. The molecular formula is C11H15NO. The molecule has 0 saturated heterocycles. The molecule has 1 aromatic rings. The lowest BCUT2D eigenvalue weighted by Crippen LogP contribution is -2.16. The number of phenolic OH excluding ortho intramolecular Hbond substituents is 1. The zero-order chi connectivity index (χ0) is 9.26. The Kier molecular flexibility index (Phi) is 2.23. The molecule has 2 heteroatoms. The van der Waals surface area contributed by atoms with Crippen LogP contribution in [0.1, 0.15) is 16.7 Å². The summed E-state index contributed by atoms with van der Waals surface area (Å²) in [4.78, 5) is 0. The Morgan fingerprint density at radius 2 is 2.00 bits per heavy atom. The van der Waals surface area contributed by atoms with Crippen LogP contribution in [0.15, 0.2) is 12.1 Å². The second-order valence-electron chi connectivity index (χ2n) is 3.67. The number of nitrogens with one attached hydrogen (secondary N) is 1. The molecule has 0 bridgehead atoms. The first-order valence-electron chi connectivity index (χ1n) is 4.79. The molecule has 0 aliphatic carbocycles. The van der Waals surface area contributed by atoms with Crippen molar-refractivity contribution in [3.05, 3.63) is 28.8 Å². The van der Waals surface area contributed by atoms with Crippen molar-refractivity contribution in [2.75, 3.05) is 13.1 Å². The van der Waals surface area contributed by atoms with Gasteiger partial charge in [0.1, 0.15) is 5.75 Å². The summed E-state index contributed by atoms with van der Waals surface area (Å²) in [5.74, 6) is 0.471. The number of aromatic hydroxyl groups is 1. The van der Waals surface area contributed by atoms with Crippen LogP contribution < -0.4 is 5.32 Å². The predicted octanol–water partition coefficient (Wildman–Crippen LogP) is 1.39. The number of fused-ring (bicyclic) bond motifs is 1. The topological polar surface area (TPSA) is 32.3 Å². The first kappa shape index (κ1) is 8.57. The van der Waals surface area contributed by atoms with Crippen LogP contribution in [-0.2, 0) is 12.8 Å². The van der Waals surface area contributed by atoms with Crippen LogP contribution in [0.5, 0.6) is 5.75 Å². The number of rotatable bonds is 0. The molecule has 0 spiro atoms. The van der Waals surface area contributed by atoms with Gasteiger partial charge < -0.3 is 10.4 Å². The number of aryl methyl sites for hydroxylation is 1. The molecule has 1 heterocycles. The maximum atomic E-state index is 9.73. The highest BCUT2D eigenvalue weighted by Gasteiger charge is 2.11. The van der Waals surface area contributed by atoms with Gasteiger partial charge in [0.15, 0.2) is 0 Å². The first-order chi connectivity index (χ1) is 6.27. The highest BCUT2D eigenvalue weighted by atomic mass is 16.3. The molecule has 0 aromatic heterocycles. The third-order valence-corrected chi connectivity index (χ3v) is 2.59. The summed E-state index contributed by atoms with van der Waals surface area (Å²) >= 11 is 0. The van der Waals surface area contributed by atoms with Crippen molar-refractivity contribution in [3.8, 4) is 5.75 Å². The van der Waals surface area contributed by atoms with Crippen molar-refractivity contribution in [2.45, 2.75) is 19.8 Å². The van der Waals surface area contributed by atoms with Crippen molar-refractivity contribution in [1.29, 1.82) is 0 Å². The smallest absolute Gasteiger partial charge is 0.119 e. The Balaban J connectivity index is 2.47. The fourth-order valence-electron chi connectivity index (χ4n) is 1.94. The quantitative estimate of drug-likeness (QED) is 0.627. The minimum absolute atomic E-state index is 0.471. The van der Waals surface area contributed by atoms with Gasteiger partial charge in [-0.15, -0.1) is 0 Å². The molecule has 13 heavy (non-hydrogen) atoms. The summed E-state index contributed by atoms with van der Waals surface area (Å²) in [6.45, 7) is 4.03. The number of phenols is 1. The molecule has 0 fully saturated rings. The van der Waals surface area contributed by atoms with Gasteiger partial charge >= 0.3 is 0 Å². The SMILES string of the molecule is Cc1cc(O)c2c(c1)CCNCC2. The van der Waals surface area contributed by atoms with Gasteiger partial charge in [0.25, 0.3) is 0 Å². The number of hydrogen-bond donors (Lipinski definition) is 2. The minimum Gasteiger partial charge on any atom is -0.508 e. The van der Waals surface area contributed by atoms with E-state index in [4.69, 9.17) is 0 Å². The van der Waals surface area contributed by atoms with E-state index in [0.717, 1.165) is 37.1 Å². The largest absolute Gasteiger partial charge is 0.508 e. The van der Waals surface area contributed by atoms with Gasteiger partial charge in [-0.05, 0) is 55.6 Å². The highest BCUT2D eigenvalue weighted by molar-refractivity contribution is 5.43. The molecule has 2 nitrogen and oxygen atoms in total. The van der Waals surface area contributed by atoms with Crippen LogP contribution in [0.4, 0.5) is 0 Å². The van der Waals surface area contributed by atoms with E-state index in [1.807, 2.05) is 13.0 Å². The van der Waals surface area contributed by atoms with Crippen LogP contribution in [0.25, 0.3) is 0 Å². The summed E-state index contributed by atoms with van der Waals surface area (Å²) in [6, 6.07) is 4.03. The summed E-state index contributed by atoms with van der Waals surface area (Å²) < 4.78 is 0. The Morgan fingerprint density at radius 3 is 2.85 bits per heavy atom. The van der Waals surface area contributed by atoms with E-state index in [9.17, 15) is 5.11 Å². The van der Waals surface area contributed by atoms with E-state index < -0.39 is 0 Å². The van der Waals surface area contributed by atoms with Gasteiger partial charge in [-0.3, -0.25) is 0 Å². The minimum atomic E-state index is 0.471. The Hall–Kier alpha value is -1.02. The Bertz CT molecular complexity index is 320. The molecule has 2 rings (SSSR count). The van der Waals surface area contributed by atoms with Gasteiger partial charge in [0, 0.05) is 0 Å².